The number of carbonyl (C=O) groups excluding carboxylic acids is 3. The van der Waals surface area contributed by atoms with E-state index in [1.807, 2.05) is 18.2 Å². The molecule has 4 rings (SSSR count). The molecule has 0 spiro atoms. The maximum Gasteiger partial charge on any atom is 0.250 e. The average Bonchev–Trinajstić information content (AvgIpc) is 2.75. The fraction of sp³-hybridized carbons (Fsp3) is 0.318. The number of halogens is 1. The van der Waals surface area contributed by atoms with E-state index in [1.54, 1.807) is 35.2 Å². The van der Waals surface area contributed by atoms with Gasteiger partial charge in [0.15, 0.2) is 5.25 Å². The first-order valence-electron chi connectivity index (χ1n) is 9.94. The third kappa shape index (κ3) is 4.47. The molecule has 6 nitrogen and oxygen atoms in total. The number of para-hydroxylation sites is 1. The molecule has 3 amide bonds. The molecule has 1 N–H and O–H groups in total. The van der Waals surface area contributed by atoms with Crippen molar-refractivity contribution in [3.05, 3.63) is 53.6 Å². The van der Waals surface area contributed by atoms with Gasteiger partial charge in [-0.3, -0.25) is 14.4 Å². The first-order chi connectivity index (χ1) is 14.5. The Labute approximate surface area is 184 Å². The van der Waals surface area contributed by atoms with Gasteiger partial charge in [-0.05, 0) is 49.6 Å². The van der Waals surface area contributed by atoms with Gasteiger partial charge in [-0.15, -0.1) is 11.8 Å². The number of anilines is 2. The van der Waals surface area contributed by atoms with Crippen molar-refractivity contribution in [2.45, 2.75) is 29.4 Å². The zero-order valence-electron chi connectivity index (χ0n) is 16.3. The van der Waals surface area contributed by atoms with Crippen LogP contribution < -0.4 is 10.2 Å². The Morgan fingerprint density at radius 3 is 2.60 bits per heavy atom. The van der Waals surface area contributed by atoms with Gasteiger partial charge < -0.3 is 15.1 Å². The smallest absolute Gasteiger partial charge is 0.250 e. The molecule has 2 aliphatic heterocycles. The summed E-state index contributed by atoms with van der Waals surface area (Å²) in [5.41, 5.74) is 1.21. The highest BCUT2D eigenvalue weighted by Crippen LogP contribution is 2.40. The van der Waals surface area contributed by atoms with Gasteiger partial charge in [0, 0.05) is 28.7 Å². The van der Waals surface area contributed by atoms with Crippen LogP contribution in [0.25, 0.3) is 0 Å². The van der Waals surface area contributed by atoms with E-state index in [0.29, 0.717) is 29.5 Å². The third-order valence-electron chi connectivity index (χ3n) is 5.19. The lowest BCUT2D eigenvalue weighted by atomic mass is 10.1. The van der Waals surface area contributed by atoms with E-state index in [0.717, 1.165) is 24.2 Å². The van der Waals surface area contributed by atoms with Crippen LogP contribution in [-0.4, -0.2) is 47.5 Å². The van der Waals surface area contributed by atoms with E-state index < -0.39 is 5.25 Å². The summed E-state index contributed by atoms with van der Waals surface area (Å²) < 4.78 is 0. The number of benzene rings is 2. The van der Waals surface area contributed by atoms with E-state index >= 15 is 0 Å². The highest BCUT2D eigenvalue weighted by molar-refractivity contribution is 8.01. The van der Waals surface area contributed by atoms with Crippen molar-refractivity contribution >= 4 is 52.5 Å². The van der Waals surface area contributed by atoms with Gasteiger partial charge in [0.25, 0.3) is 5.91 Å². The summed E-state index contributed by atoms with van der Waals surface area (Å²) in [7, 11) is 0. The summed E-state index contributed by atoms with van der Waals surface area (Å²) in [6, 6.07) is 14.2. The van der Waals surface area contributed by atoms with Crippen LogP contribution in [0.4, 0.5) is 11.4 Å². The van der Waals surface area contributed by atoms with Crippen LogP contribution in [0.5, 0.6) is 0 Å². The Balaban J connectivity index is 1.55. The monoisotopic (exact) mass is 443 g/mol. The number of thioether (sulfide) groups is 1. The number of piperidine rings is 1. The predicted octanol–water partition coefficient (Wildman–Crippen LogP) is 3.80. The normalized spacial score (nSPS) is 18.7. The minimum absolute atomic E-state index is 0.167. The minimum atomic E-state index is -0.864. The summed E-state index contributed by atoms with van der Waals surface area (Å²) in [4.78, 5) is 43.0. The highest BCUT2D eigenvalue weighted by Gasteiger charge is 2.40. The minimum Gasteiger partial charge on any atom is -0.341 e. The number of nitrogens with one attached hydrogen (secondary N) is 1. The molecule has 2 aromatic rings. The van der Waals surface area contributed by atoms with Gasteiger partial charge in [0.1, 0.15) is 6.54 Å². The molecule has 2 heterocycles. The van der Waals surface area contributed by atoms with Crippen LogP contribution in [0, 0.1) is 0 Å². The first kappa shape index (κ1) is 20.8. The summed E-state index contributed by atoms with van der Waals surface area (Å²) in [6.45, 7) is 1.19. The van der Waals surface area contributed by atoms with E-state index in [-0.39, 0.29) is 24.3 Å². The van der Waals surface area contributed by atoms with Gasteiger partial charge in [-0.1, -0.05) is 29.8 Å². The number of amides is 3. The fourth-order valence-electron chi connectivity index (χ4n) is 3.73. The summed E-state index contributed by atoms with van der Waals surface area (Å²) in [5, 5.41) is 2.42. The number of hydrogen-bond acceptors (Lipinski definition) is 4. The molecule has 0 radical (unpaired) electrons. The molecule has 8 heteroatoms. The number of likely N-dealkylation sites (tertiary alicyclic amines) is 1. The lowest BCUT2D eigenvalue weighted by molar-refractivity contribution is -0.135. The summed E-state index contributed by atoms with van der Waals surface area (Å²) in [5.74, 6) is -0.869. The Morgan fingerprint density at radius 1 is 1.07 bits per heavy atom. The van der Waals surface area contributed by atoms with Gasteiger partial charge in [-0.25, -0.2) is 0 Å². The zero-order valence-corrected chi connectivity index (χ0v) is 17.9. The molecule has 1 saturated heterocycles. The zero-order chi connectivity index (χ0) is 21.1. The second-order valence-electron chi connectivity index (χ2n) is 7.33. The first-order valence-corrected chi connectivity index (χ1v) is 11.2. The number of rotatable bonds is 4. The largest absolute Gasteiger partial charge is 0.341 e. The molecule has 0 unspecified atom stereocenters. The maximum atomic E-state index is 13.3. The molecule has 1 fully saturated rings. The lowest BCUT2D eigenvalue weighted by Gasteiger charge is -2.36. The quantitative estimate of drug-likeness (QED) is 0.730. The molecule has 0 aromatic heterocycles. The Bertz CT molecular complexity index is 978. The van der Waals surface area contributed by atoms with Crippen molar-refractivity contribution in [2.75, 3.05) is 29.9 Å². The van der Waals surface area contributed by atoms with Gasteiger partial charge >= 0.3 is 0 Å². The molecule has 0 aliphatic carbocycles. The average molecular weight is 444 g/mol. The van der Waals surface area contributed by atoms with Gasteiger partial charge in [0.05, 0.1) is 5.69 Å². The Hall–Kier alpha value is -2.51. The molecule has 1 atom stereocenters. The molecule has 0 saturated carbocycles. The highest BCUT2D eigenvalue weighted by atomic mass is 35.5. The number of nitrogens with zero attached hydrogens (tertiary/aromatic N) is 2. The summed E-state index contributed by atoms with van der Waals surface area (Å²) >= 11 is 7.25. The predicted molar refractivity (Wildman–Crippen MR) is 119 cm³/mol. The van der Waals surface area contributed by atoms with Gasteiger partial charge in [0.2, 0.25) is 11.8 Å². The maximum absolute atomic E-state index is 13.3. The van der Waals surface area contributed by atoms with Crippen molar-refractivity contribution < 1.29 is 14.4 Å². The molecule has 156 valence electrons. The molecule has 2 aromatic carbocycles. The fourth-order valence-corrected chi connectivity index (χ4v) is 5.11. The van der Waals surface area contributed by atoms with Crippen LogP contribution in [0.3, 0.4) is 0 Å². The number of hydrogen-bond donors (Lipinski definition) is 1. The van der Waals surface area contributed by atoms with E-state index in [4.69, 9.17) is 11.6 Å². The van der Waals surface area contributed by atoms with Crippen molar-refractivity contribution in [1.29, 1.82) is 0 Å². The van der Waals surface area contributed by atoms with E-state index in [2.05, 4.69) is 5.32 Å². The number of fused-ring (bicyclic) bond motifs is 1. The Kier molecular flexibility index (Phi) is 6.29. The van der Waals surface area contributed by atoms with Crippen molar-refractivity contribution in [1.82, 2.24) is 4.90 Å². The molecule has 0 bridgehead atoms. The van der Waals surface area contributed by atoms with Crippen LogP contribution in [0.1, 0.15) is 19.3 Å². The Morgan fingerprint density at radius 2 is 1.83 bits per heavy atom. The van der Waals surface area contributed by atoms with Gasteiger partial charge in [-0.2, -0.15) is 0 Å². The SMILES string of the molecule is O=C(CN1C(=O)[C@@H](C(=O)N2CCCCC2)Sc2ccccc21)Nc1cccc(Cl)c1. The second kappa shape index (κ2) is 9.10. The molecular weight excluding hydrogens is 422 g/mol. The van der Waals surface area contributed by atoms with Crippen molar-refractivity contribution in [3.63, 3.8) is 0 Å². The van der Waals surface area contributed by atoms with Crippen LogP contribution in [-0.2, 0) is 14.4 Å². The van der Waals surface area contributed by atoms with E-state index in [1.165, 1.54) is 16.7 Å². The third-order valence-corrected chi connectivity index (χ3v) is 6.67. The second-order valence-corrected chi connectivity index (χ2v) is 8.92. The standard InChI is InChI=1S/C22H22ClN3O3S/c23-15-7-6-8-16(13-15)24-19(27)14-26-17-9-2-3-10-18(17)30-20(22(26)29)21(28)25-11-4-1-5-12-25/h2-3,6-10,13,20H,1,4-5,11-12,14H2,(H,24,27)/t20-/m1/s1. The number of carbonyl (C=O) groups is 3. The van der Waals surface area contributed by atoms with Crippen molar-refractivity contribution in [2.24, 2.45) is 0 Å². The van der Waals surface area contributed by atoms with Crippen LogP contribution in [0.15, 0.2) is 53.4 Å². The van der Waals surface area contributed by atoms with Crippen LogP contribution >= 0.6 is 23.4 Å². The summed E-state index contributed by atoms with van der Waals surface area (Å²) in [6.07, 6.45) is 3.02. The van der Waals surface area contributed by atoms with Crippen LogP contribution in [0.2, 0.25) is 5.02 Å². The topological polar surface area (TPSA) is 69.7 Å². The molecule has 30 heavy (non-hydrogen) atoms. The molecular formula is C22H22ClN3O3S. The van der Waals surface area contributed by atoms with Crippen molar-refractivity contribution in [3.8, 4) is 0 Å². The molecule has 2 aliphatic rings. The lowest BCUT2D eigenvalue weighted by Crippen LogP contribution is -2.52. The van der Waals surface area contributed by atoms with E-state index in [9.17, 15) is 14.4 Å².